The first-order valence-electron chi connectivity index (χ1n) is 11.3. The van der Waals surface area contributed by atoms with E-state index in [9.17, 15) is 9.59 Å². The lowest BCUT2D eigenvalue weighted by molar-refractivity contribution is -0.143. The molecule has 1 N–H and O–H groups in total. The van der Waals surface area contributed by atoms with E-state index in [4.69, 9.17) is 27.9 Å². The standard InChI is InChI=1S/C25H29BrCl2N2O3/c1-2-23(25(32)29-19-6-4-3-5-7-19)30(15-17-8-13-21(27)22(28)14-17)24(31)16-33-20-11-9-18(26)10-12-20/h8-14,19,23H,2-7,15-16H2,1H3,(H,29,32). The fourth-order valence-electron chi connectivity index (χ4n) is 4.06. The Morgan fingerprint density at radius 2 is 1.79 bits per heavy atom. The minimum atomic E-state index is -0.609. The molecular weight excluding hydrogens is 527 g/mol. The van der Waals surface area contributed by atoms with Crippen molar-refractivity contribution < 1.29 is 14.3 Å². The van der Waals surface area contributed by atoms with Gasteiger partial charge in [-0.3, -0.25) is 9.59 Å². The molecule has 0 spiro atoms. The number of ether oxygens (including phenoxy) is 1. The van der Waals surface area contributed by atoms with Crippen LogP contribution in [0.15, 0.2) is 46.9 Å². The van der Waals surface area contributed by atoms with E-state index < -0.39 is 6.04 Å². The van der Waals surface area contributed by atoms with Gasteiger partial charge in [0.25, 0.3) is 5.91 Å². The normalized spacial score (nSPS) is 15.0. The zero-order valence-corrected chi connectivity index (χ0v) is 21.8. The summed E-state index contributed by atoms with van der Waals surface area (Å²) in [6, 6.07) is 12.1. The van der Waals surface area contributed by atoms with Gasteiger partial charge in [-0.25, -0.2) is 0 Å². The second-order valence-electron chi connectivity index (χ2n) is 8.28. The summed E-state index contributed by atoms with van der Waals surface area (Å²) in [6.07, 6.45) is 5.90. The molecule has 2 amide bonds. The number of nitrogens with one attached hydrogen (secondary N) is 1. The second-order valence-corrected chi connectivity index (χ2v) is 10.0. The van der Waals surface area contributed by atoms with E-state index in [1.807, 2.05) is 25.1 Å². The molecule has 5 nitrogen and oxygen atoms in total. The number of amides is 2. The van der Waals surface area contributed by atoms with E-state index in [0.717, 1.165) is 35.7 Å². The first-order valence-corrected chi connectivity index (χ1v) is 12.8. The van der Waals surface area contributed by atoms with Gasteiger partial charge in [-0.1, -0.05) is 71.4 Å². The van der Waals surface area contributed by atoms with E-state index in [2.05, 4.69) is 21.2 Å². The van der Waals surface area contributed by atoms with Gasteiger partial charge in [0.2, 0.25) is 5.91 Å². The Kier molecular flexibility index (Phi) is 9.90. The molecule has 3 rings (SSSR count). The van der Waals surface area contributed by atoms with Crippen molar-refractivity contribution in [1.29, 1.82) is 0 Å². The molecule has 33 heavy (non-hydrogen) atoms. The second kappa shape index (κ2) is 12.6. The van der Waals surface area contributed by atoms with Crippen molar-refractivity contribution in [3.63, 3.8) is 0 Å². The number of carbonyl (C=O) groups excluding carboxylic acids is 2. The van der Waals surface area contributed by atoms with E-state index in [1.165, 1.54) is 6.42 Å². The maximum Gasteiger partial charge on any atom is 0.261 e. The Hall–Kier alpha value is -1.76. The first-order chi connectivity index (χ1) is 15.9. The summed E-state index contributed by atoms with van der Waals surface area (Å²) in [4.78, 5) is 28.1. The number of nitrogens with zero attached hydrogens (tertiary/aromatic N) is 1. The van der Waals surface area contributed by atoms with Crippen molar-refractivity contribution in [1.82, 2.24) is 10.2 Å². The number of halogens is 3. The third kappa shape index (κ3) is 7.62. The number of benzene rings is 2. The summed E-state index contributed by atoms with van der Waals surface area (Å²) in [5.41, 5.74) is 0.797. The van der Waals surface area contributed by atoms with Crippen molar-refractivity contribution >= 4 is 50.9 Å². The Bertz CT molecular complexity index is 949. The molecule has 2 aromatic rings. The third-order valence-electron chi connectivity index (χ3n) is 5.85. The average Bonchev–Trinajstić information content (AvgIpc) is 2.81. The lowest BCUT2D eigenvalue weighted by atomic mass is 9.95. The number of hydrogen-bond donors (Lipinski definition) is 1. The highest BCUT2D eigenvalue weighted by molar-refractivity contribution is 9.10. The van der Waals surface area contributed by atoms with Crippen LogP contribution in [0.25, 0.3) is 0 Å². The largest absolute Gasteiger partial charge is 0.484 e. The summed E-state index contributed by atoms with van der Waals surface area (Å²) in [5.74, 6) is 0.192. The smallest absolute Gasteiger partial charge is 0.261 e. The topological polar surface area (TPSA) is 58.6 Å². The molecule has 0 heterocycles. The molecule has 1 fully saturated rings. The molecule has 1 unspecified atom stereocenters. The van der Waals surface area contributed by atoms with E-state index in [-0.39, 0.29) is 31.0 Å². The minimum absolute atomic E-state index is 0.124. The van der Waals surface area contributed by atoms with E-state index >= 15 is 0 Å². The minimum Gasteiger partial charge on any atom is -0.484 e. The van der Waals surface area contributed by atoms with E-state index in [1.54, 1.807) is 29.2 Å². The van der Waals surface area contributed by atoms with Crippen LogP contribution >= 0.6 is 39.1 Å². The summed E-state index contributed by atoms with van der Waals surface area (Å²) < 4.78 is 6.64. The molecule has 8 heteroatoms. The maximum absolute atomic E-state index is 13.3. The van der Waals surface area contributed by atoms with Crippen LogP contribution in [0.4, 0.5) is 0 Å². The van der Waals surface area contributed by atoms with E-state index in [0.29, 0.717) is 22.2 Å². The number of rotatable bonds is 9. The van der Waals surface area contributed by atoms with Crippen LogP contribution in [0.1, 0.15) is 51.0 Å². The molecule has 0 aliphatic heterocycles. The zero-order valence-electron chi connectivity index (χ0n) is 18.7. The van der Waals surface area contributed by atoms with Gasteiger partial charge in [0, 0.05) is 17.1 Å². The Morgan fingerprint density at radius 3 is 2.42 bits per heavy atom. The van der Waals surface area contributed by atoms with Crippen LogP contribution < -0.4 is 10.1 Å². The fraction of sp³-hybridized carbons (Fsp3) is 0.440. The summed E-state index contributed by atoms with van der Waals surface area (Å²) >= 11 is 15.6. The molecule has 1 aliphatic rings. The molecule has 0 radical (unpaired) electrons. The van der Waals surface area contributed by atoms with Crippen LogP contribution in [0, 0.1) is 0 Å². The third-order valence-corrected chi connectivity index (χ3v) is 7.12. The SMILES string of the molecule is CCC(C(=O)NC1CCCCC1)N(Cc1ccc(Cl)c(Cl)c1)C(=O)COc1ccc(Br)cc1. The van der Waals surface area contributed by atoms with Gasteiger partial charge in [-0.2, -0.15) is 0 Å². The molecule has 0 aromatic heterocycles. The molecule has 0 saturated heterocycles. The van der Waals surface area contributed by atoms with Crippen LogP contribution in [0.5, 0.6) is 5.75 Å². The first kappa shape index (κ1) is 25.9. The quantitative estimate of drug-likeness (QED) is 0.390. The van der Waals surface area contributed by atoms with Gasteiger partial charge in [0.15, 0.2) is 6.61 Å². The van der Waals surface area contributed by atoms with Gasteiger partial charge >= 0.3 is 0 Å². The highest BCUT2D eigenvalue weighted by Crippen LogP contribution is 2.25. The Balaban J connectivity index is 1.77. The summed E-state index contributed by atoms with van der Waals surface area (Å²) in [5, 5.41) is 4.02. The molecule has 1 saturated carbocycles. The van der Waals surface area contributed by atoms with Gasteiger partial charge < -0.3 is 15.0 Å². The fourth-order valence-corrected chi connectivity index (χ4v) is 4.64. The predicted molar refractivity (Wildman–Crippen MR) is 136 cm³/mol. The van der Waals surface area contributed by atoms with Crippen molar-refractivity contribution in [3.05, 3.63) is 62.5 Å². The van der Waals surface area contributed by atoms with Crippen LogP contribution in [-0.2, 0) is 16.1 Å². The molecule has 1 aliphatic carbocycles. The van der Waals surface area contributed by atoms with Crippen molar-refractivity contribution in [2.45, 2.75) is 64.1 Å². The average molecular weight is 556 g/mol. The van der Waals surface area contributed by atoms with Crippen molar-refractivity contribution in [2.75, 3.05) is 6.61 Å². The Labute approximate surface area is 213 Å². The highest BCUT2D eigenvalue weighted by atomic mass is 79.9. The van der Waals surface area contributed by atoms with Gasteiger partial charge in [-0.05, 0) is 61.2 Å². The monoisotopic (exact) mass is 554 g/mol. The molecular formula is C25H29BrCl2N2O3. The zero-order chi connectivity index (χ0) is 23.8. The van der Waals surface area contributed by atoms with Gasteiger partial charge in [0.05, 0.1) is 10.0 Å². The Morgan fingerprint density at radius 1 is 1.09 bits per heavy atom. The molecule has 178 valence electrons. The predicted octanol–water partition coefficient (Wildman–Crippen LogP) is 6.39. The molecule has 1 atom stereocenters. The van der Waals surface area contributed by atoms with Gasteiger partial charge in [0.1, 0.15) is 11.8 Å². The van der Waals surface area contributed by atoms with Crippen LogP contribution in [0.2, 0.25) is 10.0 Å². The van der Waals surface area contributed by atoms with Crippen LogP contribution in [-0.4, -0.2) is 35.4 Å². The lowest BCUT2D eigenvalue weighted by Crippen LogP contribution is -2.52. The van der Waals surface area contributed by atoms with Crippen LogP contribution in [0.3, 0.4) is 0 Å². The number of carbonyl (C=O) groups is 2. The molecule has 2 aromatic carbocycles. The van der Waals surface area contributed by atoms with Crippen molar-refractivity contribution in [3.8, 4) is 5.75 Å². The number of hydrogen-bond acceptors (Lipinski definition) is 3. The van der Waals surface area contributed by atoms with Crippen molar-refractivity contribution in [2.24, 2.45) is 0 Å². The highest BCUT2D eigenvalue weighted by Gasteiger charge is 2.30. The van der Waals surface area contributed by atoms with Gasteiger partial charge in [-0.15, -0.1) is 0 Å². The maximum atomic E-state index is 13.3. The lowest BCUT2D eigenvalue weighted by Gasteiger charge is -2.32. The summed E-state index contributed by atoms with van der Waals surface area (Å²) in [6.45, 7) is 1.97. The summed E-state index contributed by atoms with van der Waals surface area (Å²) in [7, 11) is 0. The molecule has 0 bridgehead atoms.